The highest BCUT2D eigenvalue weighted by molar-refractivity contribution is 6.42. The molecule has 1 aromatic rings. The lowest BCUT2D eigenvalue weighted by Gasteiger charge is -2.35. The van der Waals surface area contributed by atoms with E-state index in [1.54, 1.807) is 18.2 Å². The van der Waals surface area contributed by atoms with Gasteiger partial charge in [-0.25, -0.2) is 0 Å². The van der Waals surface area contributed by atoms with Gasteiger partial charge in [-0.3, -0.25) is 9.69 Å². The summed E-state index contributed by atoms with van der Waals surface area (Å²) >= 11 is 11.9. The normalized spacial score (nSPS) is 16.3. The van der Waals surface area contributed by atoms with Crippen molar-refractivity contribution in [3.63, 3.8) is 0 Å². The summed E-state index contributed by atoms with van der Waals surface area (Å²) in [7, 11) is 0. The van der Waals surface area contributed by atoms with Crippen LogP contribution in [0.1, 0.15) is 37.6 Å². The van der Waals surface area contributed by atoms with Crippen LogP contribution >= 0.6 is 23.2 Å². The highest BCUT2D eigenvalue weighted by Gasteiger charge is 2.22. The van der Waals surface area contributed by atoms with Crippen molar-refractivity contribution in [3.8, 4) is 0 Å². The van der Waals surface area contributed by atoms with Crippen LogP contribution in [0.25, 0.3) is 0 Å². The summed E-state index contributed by atoms with van der Waals surface area (Å²) in [5.41, 5.74) is 0.982. The molecule has 140 valence electrons. The van der Waals surface area contributed by atoms with Gasteiger partial charge in [0.15, 0.2) is 0 Å². The van der Waals surface area contributed by atoms with Crippen molar-refractivity contribution < 1.29 is 4.79 Å². The summed E-state index contributed by atoms with van der Waals surface area (Å²) in [6.07, 6.45) is 1.18. The number of halogens is 2. The Morgan fingerprint density at radius 1 is 1.08 bits per heavy atom. The summed E-state index contributed by atoms with van der Waals surface area (Å²) in [6.45, 7) is 13.2. The maximum Gasteiger partial charge on any atom is 0.253 e. The van der Waals surface area contributed by atoms with Gasteiger partial charge in [0, 0.05) is 44.8 Å². The van der Waals surface area contributed by atoms with Gasteiger partial charge in [0.2, 0.25) is 0 Å². The molecule has 0 atom stereocenters. The molecule has 0 spiro atoms. The largest absolute Gasteiger partial charge is 0.336 e. The molecule has 0 saturated carbocycles. The summed E-state index contributed by atoms with van der Waals surface area (Å²) in [4.78, 5) is 16.9. The lowest BCUT2D eigenvalue weighted by molar-refractivity contribution is 0.0638. The van der Waals surface area contributed by atoms with Crippen LogP contribution in [0, 0.1) is 5.41 Å². The Kier molecular flexibility index (Phi) is 7.56. The Morgan fingerprint density at radius 2 is 1.76 bits per heavy atom. The van der Waals surface area contributed by atoms with E-state index in [-0.39, 0.29) is 5.91 Å². The fourth-order valence-electron chi connectivity index (χ4n) is 2.81. The van der Waals surface area contributed by atoms with Gasteiger partial charge in [-0.05, 0) is 36.6 Å². The third-order valence-electron chi connectivity index (χ3n) is 4.48. The highest BCUT2D eigenvalue weighted by Crippen LogP contribution is 2.23. The molecule has 1 amide bonds. The van der Waals surface area contributed by atoms with Crippen molar-refractivity contribution in [3.05, 3.63) is 33.8 Å². The zero-order valence-corrected chi connectivity index (χ0v) is 17.0. The van der Waals surface area contributed by atoms with Gasteiger partial charge in [-0.1, -0.05) is 44.0 Å². The van der Waals surface area contributed by atoms with Gasteiger partial charge in [0.1, 0.15) is 0 Å². The third kappa shape index (κ3) is 6.78. The number of hydrogen-bond acceptors (Lipinski definition) is 3. The second kappa shape index (κ2) is 9.22. The lowest BCUT2D eigenvalue weighted by Crippen LogP contribution is -2.50. The van der Waals surface area contributed by atoms with E-state index in [9.17, 15) is 4.79 Å². The van der Waals surface area contributed by atoms with Crippen LogP contribution in [0.4, 0.5) is 0 Å². The molecule has 0 aliphatic carbocycles. The molecule has 6 heteroatoms. The first-order valence-corrected chi connectivity index (χ1v) is 9.69. The van der Waals surface area contributed by atoms with E-state index in [2.05, 4.69) is 31.0 Å². The number of carbonyl (C=O) groups excluding carboxylic acids is 1. The molecule has 1 N–H and O–H groups in total. The maximum atomic E-state index is 12.6. The Hall–Kier alpha value is -0.810. The molecular weight excluding hydrogens is 357 g/mol. The number of amides is 1. The number of hydrogen-bond donors (Lipinski definition) is 1. The quantitative estimate of drug-likeness (QED) is 0.756. The van der Waals surface area contributed by atoms with E-state index in [0.29, 0.717) is 21.0 Å². The predicted molar refractivity (Wildman–Crippen MR) is 106 cm³/mol. The van der Waals surface area contributed by atoms with Crippen LogP contribution in [-0.2, 0) is 0 Å². The highest BCUT2D eigenvalue weighted by atomic mass is 35.5. The molecule has 1 heterocycles. The van der Waals surface area contributed by atoms with Crippen molar-refractivity contribution in [2.75, 3.05) is 45.8 Å². The Bertz CT molecular complexity index is 579. The monoisotopic (exact) mass is 385 g/mol. The first-order valence-electron chi connectivity index (χ1n) is 8.94. The van der Waals surface area contributed by atoms with Gasteiger partial charge in [-0.2, -0.15) is 0 Å². The van der Waals surface area contributed by atoms with Crippen LogP contribution in [0.15, 0.2) is 18.2 Å². The number of rotatable bonds is 6. The summed E-state index contributed by atoms with van der Waals surface area (Å²) < 4.78 is 0. The molecule has 1 fully saturated rings. The van der Waals surface area contributed by atoms with Crippen LogP contribution in [0.2, 0.25) is 10.0 Å². The fraction of sp³-hybridized carbons (Fsp3) is 0.632. The zero-order valence-electron chi connectivity index (χ0n) is 15.4. The average molecular weight is 386 g/mol. The van der Waals surface area contributed by atoms with Gasteiger partial charge >= 0.3 is 0 Å². The Morgan fingerprint density at radius 3 is 2.36 bits per heavy atom. The number of piperazine rings is 1. The van der Waals surface area contributed by atoms with E-state index in [1.165, 1.54) is 6.42 Å². The SMILES string of the molecule is CC(C)(C)CCNCCN1CCN(C(=O)c2ccc(Cl)c(Cl)c2)CC1. The molecule has 1 aromatic carbocycles. The van der Waals surface area contributed by atoms with Gasteiger partial charge in [-0.15, -0.1) is 0 Å². The lowest BCUT2D eigenvalue weighted by atomic mass is 9.92. The molecule has 4 nitrogen and oxygen atoms in total. The van der Waals surface area contributed by atoms with Crippen molar-refractivity contribution in [1.82, 2.24) is 15.1 Å². The smallest absolute Gasteiger partial charge is 0.253 e. The molecule has 0 aromatic heterocycles. The third-order valence-corrected chi connectivity index (χ3v) is 5.22. The van der Waals surface area contributed by atoms with Crippen molar-refractivity contribution in [1.29, 1.82) is 0 Å². The van der Waals surface area contributed by atoms with Crippen molar-refractivity contribution >= 4 is 29.1 Å². The minimum atomic E-state index is 0.0292. The van der Waals surface area contributed by atoms with E-state index < -0.39 is 0 Å². The average Bonchev–Trinajstić information content (AvgIpc) is 2.56. The molecule has 0 radical (unpaired) electrons. The summed E-state index contributed by atoms with van der Waals surface area (Å²) in [5, 5.41) is 4.41. The number of carbonyl (C=O) groups is 1. The second-order valence-electron chi connectivity index (χ2n) is 7.82. The molecular formula is C19H29Cl2N3O. The van der Waals surface area contributed by atoms with E-state index in [0.717, 1.165) is 45.8 Å². The number of benzene rings is 1. The van der Waals surface area contributed by atoms with E-state index in [4.69, 9.17) is 23.2 Å². The van der Waals surface area contributed by atoms with Crippen LogP contribution in [-0.4, -0.2) is 61.5 Å². The number of nitrogens with zero attached hydrogens (tertiary/aromatic N) is 2. The molecule has 0 unspecified atom stereocenters. The number of nitrogens with one attached hydrogen (secondary N) is 1. The van der Waals surface area contributed by atoms with E-state index in [1.807, 2.05) is 4.90 Å². The second-order valence-corrected chi connectivity index (χ2v) is 8.64. The summed E-state index contributed by atoms with van der Waals surface area (Å²) in [6, 6.07) is 5.07. The predicted octanol–water partition coefficient (Wildman–Crippen LogP) is 3.78. The molecule has 1 aliphatic heterocycles. The van der Waals surface area contributed by atoms with Crippen LogP contribution < -0.4 is 5.32 Å². The molecule has 1 saturated heterocycles. The van der Waals surface area contributed by atoms with Crippen molar-refractivity contribution in [2.24, 2.45) is 5.41 Å². The topological polar surface area (TPSA) is 35.6 Å². The molecule has 2 rings (SSSR count). The first-order chi connectivity index (χ1) is 11.8. The van der Waals surface area contributed by atoms with Crippen LogP contribution in [0.3, 0.4) is 0 Å². The van der Waals surface area contributed by atoms with Gasteiger partial charge < -0.3 is 10.2 Å². The molecule has 0 bridgehead atoms. The standard InChI is InChI=1S/C19H29Cl2N3O/c1-19(2,3)6-7-22-8-9-23-10-12-24(13-11-23)18(25)15-4-5-16(20)17(21)14-15/h4-5,14,22H,6-13H2,1-3H3. The van der Waals surface area contributed by atoms with Crippen molar-refractivity contribution in [2.45, 2.75) is 27.2 Å². The minimum Gasteiger partial charge on any atom is -0.336 e. The Balaban J connectivity index is 1.70. The first kappa shape index (κ1) is 20.5. The molecule has 25 heavy (non-hydrogen) atoms. The van der Waals surface area contributed by atoms with Gasteiger partial charge in [0.25, 0.3) is 5.91 Å². The summed E-state index contributed by atoms with van der Waals surface area (Å²) in [5.74, 6) is 0.0292. The van der Waals surface area contributed by atoms with E-state index >= 15 is 0 Å². The zero-order chi connectivity index (χ0) is 18.4. The van der Waals surface area contributed by atoms with Crippen LogP contribution in [0.5, 0.6) is 0 Å². The minimum absolute atomic E-state index is 0.0292. The maximum absolute atomic E-state index is 12.6. The molecule has 1 aliphatic rings. The Labute approximate surface area is 161 Å². The fourth-order valence-corrected chi connectivity index (χ4v) is 3.11. The van der Waals surface area contributed by atoms with Gasteiger partial charge in [0.05, 0.1) is 10.0 Å².